The number of ketones is 1. The minimum absolute atomic E-state index is 0.0791. The third-order valence-electron chi connectivity index (χ3n) is 4.88. The van der Waals surface area contributed by atoms with Crippen molar-refractivity contribution in [2.24, 2.45) is 17.3 Å². The van der Waals surface area contributed by atoms with Gasteiger partial charge in [0.15, 0.2) is 5.78 Å². The van der Waals surface area contributed by atoms with Gasteiger partial charge in [-0.15, -0.1) is 0 Å². The van der Waals surface area contributed by atoms with Crippen LogP contribution in [0.2, 0.25) is 0 Å². The molecule has 0 saturated heterocycles. The Balaban J connectivity index is 2.44. The molecule has 3 heteroatoms. The SMILES string of the molecule is C=C(C)[C@@H]1C[C@H](O)[C@@H](C)[C@@]2(C=C(C)C(=O)C2)[C@@H]1O. The van der Waals surface area contributed by atoms with Crippen molar-refractivity contribution in [2.75, 3.05) is 0 Å². The molecule has 0 radical (unpaired) electrons. The number of rotatable bonds is 1. The number of aliphatic hydroxyl groups is 2. The Morgan fingerprint density at radius 2 is 2.11 bits per heavy atom. The van der Waals surface area contributed by atoms with Crippen LogP contribution in [0.4, 0.5) is 0 Å². The van der Waals surface area contributed by atoms with Gasteiger partial charge >= 0.3 is 0 Å². The van der Waals surface area contributed by atoms with Crippen LogP contribution in [0.3, 0.4) is 0 Å². The van der Waals surface area contributed by atoms with Crippen LogP contribution in [-0.4, -0.2) is 28.2 Å². The Hall–Kier alpha value is -0.930. The number of hydrogen-bond acceptors (Lipinski definition) is 3. The second-order valence-electron chi connectivity index (χ2n) is 6.03. The summed E-state index contributed by atoms with van der Waals surface area (Å²) in [6, 6.07) is 0. The molecule has 0 aliphatic heterocycles. The van der Waals surface area contributed by atoms with Crippen LogP contribution in [0, 0.1) is 17.3 Å². The molecule has 0 bridgehead atoms. The summed E-state index contributed by atoms with van der Waals surface area (Å²) in [5.74, 6) is -0.161. The van der Waals surface area contributed by atoms with E-state index < -0.39 is 17.6 Å². The van der Waals surface area contributed by atoms with E-state index in [1.54, 1.807) is 6.92 Å². The molecule has 3 nitrogen and oxygen atoms in total. The summed E-state index contributed by atoms with van der Waals surface area (Å²) in [5, 5.41) is 20.9. The summed E-state index contributed by atoms with van der Waals surface area (Å²) in [6.45, 7) is 9.48. The van der Waals surface area contributed by atoms with Crippen molar-refractivity contribution in [1.29, 1.82) is 0 Å². The quantitative estimate of drug-likeness (QED) is 0.698. The number of Topliss-reactive ketones (excluding diaryl/α,β-unsaturated/α-hetero) is 1. The van der Waals surface area contributed by atoms with Crippen molar-refractivity contribution in [3.63, 3.8) is 0 Å². The first-order chi connectivity index (χ1) is 8.29. The molecule has 0 unspecified atom stereocenters. The molecule has 1 fully saturated rings. The molecule has 2 rings (SSSR count). The van der Waals surface area contributed by atoms with Gasteiger partial charge in [0.2, 0.25) is 0 Å². The van der Waals surface area contributed by atoms with E-state index in [2.05, 4.69) is 6.58 Å². The van der Waals surface area contributed by atoms with Gasteiger partial charge in [0.1, 0.15) is 0 Å². The topological polar surface area (TPSA) is 57.5 Å². The maximum absolute atomic E-state index is 11.8. The van der Waals surface area contributed by atoms with E-state index in [9.17, 15) is 15.0 Å². The Morgan fingerprint density at radius 3 is 2.56 bits per heavy atom. The van der Waals surface area contributed by atoms with Crippen LogP contribution in [0.15, 0.2) is 23.8 Å². The highest BCUT2D eigenvalue weighted by Crippen LogP contribution is 2.52. The molecule has 2 aliphatic rings. The van der Waals surface area contributed by atoms with Gasteiger partial charge in [-0.05, 0) is 31.8 Å². The van der Waals surface area contributed by atoms with Gasteiger partial charge in [-0.1, -0.05) is 25.2 Å². The molecular weight excluding hydrogens is 228 g/mol. The summed E-state index contributed by atoms with van der Waals surface area (Å²) in [5.41, 5.74) is 0.969. The first-order valence-electron chi connectivity index (χ1n) is 6.54. The van der Waals surface area contributed by atoms with Gasteiger partial charge in [-0.25, -0.2) is 0 Å². The van der Waals surface area contributed by atoms with Gasteiger partial charge in [0, 0.05) is 17.8 Å². The predicted molar refractivity (Wildman–Crippen MR) is 69.9 cm³/mol. The van der Waals surface area contributed by atoms with Crippen LogP contribution >= 0.6 is 0 Å². The highest BCUT2D eigenvalue weighted by atomic mass is 16.3. The van der Waals surface area contributed by atoms with Crippen molar-refractivity contribution in [3.8, 4) is 0 Å². The molecule has 0 aromatic carbocycles. The second-order valence-corrected chi connectivity index (χ2v) is 6.03. The average molecular weight is 250 g/mol. The lowest BCUT2D eigenvalue weighted by molar-refractivity contribution is -0.127. The fourth-order valence-corrected chi connectivity index (χ4v) is 3.50. The average Bonchev–Trinajstić information content (AvgIpc) is 2.59. The number of carbonyl (C=O) groups is 1. The van der Waals surface area contributed by atoms with Crippen LogP contribution in [0.5, 0.6) is 0 Å². The molecule has 0 aromatic heterocycles. The van der Waals surface area contributed by atoms with E-state index in [4.69, 9.17) is 0 Å². The molecule has 5 atom stereocenters. The van der Waals surface area contributed by atoms with Crippen molar-refractivity contribution >= 4 is 5.78 Å². The van der Waals surface area contributed by atoms with Gasteiger partial charge < -0.3 is 10.2 Å². The third-order valence-corrected chi connectivity index (χ3v) is 4.88. The molecule has 2 N–H and O–H groups in total. The summed E-state index contributed by atoms with van der Waals surface area (Å²) in [7, 11) is 0. The Bertz CT molecular complexity index is 423. The minimum atomic E-state index is -0.630. The summed E-state index contributed by atoms with van der Waals surface area (Å²) >= 11 is 0. The smallest absolute Gasteiger partial charge is 0.159 e. The van der Waals surface area contributed by atoms with Gasteiger partial charge in [-0.2, -0.15) is 0 Å². The maximum atomic E-state index is 11.8. The summed E-state index contributed by atoms with van der Waals surface area (Å²) < 4.78 is 0. The van der Waals surface area contributed by atoms with E-state index in [-0.39, 0.29) is 17.6 Å². The molecule has 0 heterocycles. The van der Waals surface area contributed by atoms with E-state index in [1.807, 2.05) is 19.9 Å². The zero-order valence-electron chi connectivity index (χ0n) is 11.3. The van der Waals surface area contributed by atoms with Crippen LogP contribution in [-0.2, 0) is 4.79 Å². The minimum Gasteiger partial charge on any atom is -0.393 e. The van der Waals surface area contributed by atoms with Crippen molar-refractivity contribution < 1.29 is 15.0 Å². The number of carbonyl (C=O) groups excluding carboxylic acids is 1. The monoisotopic (exact) mass is 250 g/mol. The fraction of sp³-hybridized carbons (Fsp3) is 0.667. The van der Waals surface area contributed by atoms with E-state index in [1.165, 1.54) is 0 Å². The lowest BCUT2D eigenvalue weighted by atomic mass is 9.59. The highest BCUT2D eigenvalue weighted by Gasteiger charge is 2.54. The molecule has 0 aromatic rings. The summed E-state index contributed by atoms with van der Waals surface area (Å²) in [6.07, 6.45) is 1.59. The lowest BCUT2D eigenvalue weighted by Crippen LogP contribution is -2.52. The number of aliphatic hydroxyl groups excluding tert-OH is 2. The zero-order chi connectivity index (χ0) is 13.7. The standard InChI is InChI=1S/C15H22O3/c1-8(2)11-5-12(16)10(4)15(14(11)18)6-9(3)13(17)7-15/h6,10-12,14,16,18H,1,5,7H2,2-4H3/t10-,11+,12+,14-,15+/m1/s1. The van der Waals surface area contributed by atoms with Gasteiger partial charge in [-0.3, -0.25) is 4.79 Å². The van der Waals surface area contributed by atoms with E-state index in [0.717, 1.165) is 5.57 Å². The zero-order valence-corrected chi connectivity index (χ0v) is 11.3. The largest absolute Gasteiger partial charge is 0.393 e. The first kappa shape index (κ1) is 13.5. The molecule has 1 saturated carbocycles. The molecular formula is C15H22O3. The van der Waals surface area contributed by atoms with Crippen LogP contribution < -0.4 is 0 Å². The predicted octanol–water partition coefficient (Wildman–Crippen LogP) is 1.85. The van der Waals surface area contributed by atoms with Gasteiger partial charge in [0.05, 0.1) is 12.2 Å². The molecule has 18 heavy (non-hydrogen) atoms. The van der Waals surface area contributed by atoms with Crippen LogP contribution in [0.25, 0.3) is 0 Å². The lowest BCUT2D eigenvalue weighted by Gasteiger charge is -2.49. The third kappa shape index (κ3) is 1.77. The normalized spacial score (nSPS) is 44.3. The summed E-state index contributed by atoms with van der Waals surface area (Å²) in [4.78, 5) is 11.8. The van der Waals surface area contributed by atoms with Gasteiger partial charge in [0.25, 0.3) is 0 Å². The number of allylic oxidation sites excluding steroid dienone is 1. The Labute approximate surface area is 108 Å². The van der Waals surface area contributed by atoms with E-state index >= 15 is 0 Å². The Kier molecular flexibility index (Phi) is 3.24. The highest BCUT2D eigenvalue weighted by molar-refractivity contribution is 5.98. The first-order valence-corrected chi connectivity index (χ1v) is 6.54. The number of hydrogen-bond donors (Lipinski definition) is 2. The maximum Gasteiger partial charge on any atom is 0.159 e. The van der Waals surface area contributed by atoms with Crippen molar-refractivity contribution in [1.82, 2.24) is 0 Å². The molecule has 0 amide bonds. The molecule has 2 aliphatic carbocycles. The molecule has 1 spiro atoms. The Morgan fingerprint density at radius 1 is 1.50 bits per heavy atom. The van der Waals surface area contributed by atoms with Crippen LogP contribution in [0.1, 0.15) is 33.6 Å². The van der Waals surface area contributed by atoms with Crippen molar-refractivity contribution in [2.45, 2.75) is 45.8 Å². The second kappa shape index (κ2) is 4.32. The molecule has 100 valence electrons. The van der Waals surface area contributed by atoms with E-state index in [0.29, 0.717) is 18.4 Å². The van der Waals surface area contributed by atoms with Crippen molar-refractivity contribution in [3.05, 3.63) is 23.8 Å². The fourth-order valence-electron chi connectivity index (χ4n) is 3.50.